The molecule has 1 heterocycles. The van der Waals surface area contributed by atoms with Gasteiger partial charge in [-0.05, 0) is 43.3 Å². The zero-order valence-electron chi connectivity index (χ0n) is 8.87. The van der Waals surface area contributed by atoms with E-state index in [1.807, 2.05) is 0 Å². The zero-order valence-corrected chi connectivity index (χ0v) is 8.87. The third-order valence-corrected chi connectivity index (χ3v) is 3.22. The highest BCUT2D eigenvalue weighted by Crippen LogP contribution is 2.25. The number of benzene rings is 1. The summed E-state index contributed by atoms with van der Waals surface area (Å²) in [5.41, 5.74) is 1.49. The molecule has 1 fully saturated rings. The standard InChI is InChI=1S/C13H19N/c1-11(9-12-7-8-14-10-12)13-5-3-2-4-6-13/h2-6,11-12,14H,7-10H2,1H3/t11-,12+/m1/s1. The van der Waals surface area contributed by atoms with E-state index in [4.69, 9.17) is 0 Å². The Hall–Kier alpha value is -0.820. The molecule has 0 aliphatic carbocycles. The van der Waals surface area contributed by atoms with Crippen molar-refractivity contribution in [2.45, 2.75) is 25.7 Å². The van der Waals surface area contributed by atoms with Gasteiger partial charge in [0.2, 0.25) is 0 Å². The van der Waals surface area contributed by atoms with E-state index in [1.165, 1.54) is 31.5 Å². The smallest absolute Gasteiger partial charge is 0.00198 e. The molecule has 0 aromatic heterocycles. The first-order valence-corrected chi connectivity index (χ1v) is 5.62. The molecule has 2 atom stereocenters. The molecule has 1 aliphatic heterocycles. The molecule has 0 spiro atoms. The Morgan fingerprint density at radius 3 is 2.79 bits per heavy atom. The summed E-state index contributed by atoms with van der Waals surface area (Å²) in [6.07, 6.45) is 2.69. The van der Waals surface area contributed by atoms with E-state index in [1.54, 1.807) is 0 Å². The van der Waals surface area contributed by atoms with Crippen molar-refractivity contribution in [3.8, 4) is 0 Å². The van der Waals surface area contributed by atoms with Gasteiger partial charge >= 0.3 is 0 Å². The van der Waals surface area contributed by atoms with Gasteiger partial charge in [0.25, 0.3) is 0 Å². The van der Waals surface area contributed by atoms with E-state index in [2.05, 4.69) is 42.6 Å². The molecule has 0 radical (unpaired) electrons. The number of rotatable bonds is 3. The molecule has 2 rings (SSSR count). The van der Waals surface area contributed by atoms with Crippen molar-refractivity contribution >= 4 is 0 Å². The fourth-order valence-corrected chi connectivity index (χ4v) is 2.33. The van der Waals surface area contributed by atoms with Gasteiger partial charge in [-0.2, -0.15) is 0 Å². The fraction of sp³-hybridized carbons (Fsp3) is 0.538. The maximum Gasteiger partial charge on any atom is -0.00198 e. The average molecular weight is 189 g/mol. The maximum absolute atomic E-state index is 3.43. The Morgan fingerprint density at radius 2 is 2.14 bits per heavy atom. The van der Waals surface area contributed by atoms with Crippen molar-refractivity contribution in [3.63, 3.8) is 0 Å². The van der Waals surface area contributed by atoms with E-state index in [0.717, 1.165) is 5.92 Å². The Bertz CT molecular complexity index is 262. The Labute approximate surface area is 86.5 Å². The number of hydrogen-bond donors (Lipinski definition) is 1. The Kier molecular flexibility index (Phi) is 3.20. The minimum absolute atomic E-state index is 0.709. The summed E-state index contributed by atoms with van der Waals surface area (Å²) in [5.74, 6) is 1.60. The van der Waals surface area contributed by atoms with Crippen LogP contribution in [0.5, 0.6) is 0 Å². The SMILES string of the molecule is C[C@H](C[C@@H]1CCNC1)c1ccccc1. The molecule has 1 N–H and O–H groups in total. The molecule has 1 nitrogen and oxygen atoms in total. The lowest BCUT2D eigenvalue weighted by Crippen LogP contribution is -2.10. The van der Waals surface area contributed by atoms with Crippen LogP contribution >= 0.6 is 0 Å². The molecule has 14 heavy (non-hydrogen) atoms. The molecular formula is C13H19N. The third-order valence-electron chi connectivity index (χ3n) is 3.22. The van der Waals surface area contributed by atoms with Crippen LogP contribution in [0.15, 0.2) is 30.3 Å². The molecule has 1 saturated heterocycles. The van der Waals surface area contributed by atoms with Gasteiger partial charge in [0.1, 0.15) is 0 Å². The van der Waals surface area contributed by atoms with Crippen LogP contribution in [0.25, 0.3) is 0 Å². The van der Waals surface area contributed by atoms with Gasteiger partial charge in [0.15, 0.2) is 0 Å². The molecule has 1 aromatic rings. The minimum Gasteiger partial charge on any atom is -0.316 e. The first kappa shape index (κ1) is 9.72. The first-order chi connectivity index (χ1) is 6.86. The summed E-state index contributed by atoms with van der Waals surface area (Å²) in [6, 6.07) is 10.9. The largest absolute Gasteiger partial charge is 0.316 e. The van der Waals surface area contributed by atoms with Crippen LogP contribution < -0.4 is 5.32 Å². The number of nitrogens with one attached hydrogen (secondary N) is 1. The molecule has 76 valence electrons. The summed E-state index contributed by atoms with van der Waals surface area (Å²) in [6.45, 7) is 4.77. The second-order valence-corrected chi connectivity index (χ2v) is 4.41. The van der Waals surface area contributed by atoms with Crippen molar-refractivity contribution in [1.29, 1.82) is 0 Å². The summed E-state index contributed by atoms with van der Waals surface area (Å²) >= 11 is 0. The highest BCUT2D eigenvalue weighted by Gasteiger charge is 2.17. The second kappa shape index (κ2) is 4.61. The van der Waals surface area contributed by atoms with Gasteiger partial charge in [0, 0.05) is 0 Å². The Morgan fingerprint density at radius 1 is 1.36 bits per heavy atom. The normalized spacial score (nSPS) is 23.6. The van der Waals surface area contributed by atoms with E-state index < -0.39 is 0 Å². The second-order valence-electron chi connectivity index (χ2n) is 4.41. The quantitative estimate of drug-likeness (QED) is 0.771. The van der Waals surface area contributed by atoms with Crippen LogP contribution in [0.2, 0.25) is 0 Å². The van der Waals surface area contributed by atoms with E-state index in [-0.39, 0.29) is 0 Å². The van der Waals surface area contributed by atoms with Crippen molar-refractivity contribution in [2.75, 3.05) is 13.1 Å². The predicted octanol–water partition coefficient (Wildman–Crippen LogP) is 2.79. The van der Waals surface area contributed by atoms with Gasteiger partial charge in [-0.3, -0.25) is 0 Å². The Balaban J connectivity index is 1.92. The van der Waals surface area contributed by atoms with Crippen LogP contribution in [0.3, 0.4) is 0 Å². The lowest BCUT2D eigenvalue weighted by atomic mass is 9.90. The average Bonchev–Trinajstić information content (AvgIpc) is 2.72. The monoisotopic (exact) mass is 189 g/mol. The molecule has 0 unspecified atom stereocenters. The molecule has 1 aromatic carbocycles. The van der Waals surface area contributed by atoms with E-state index in [0.29, 0.717) is 5.92 Å². The van der Waals surface area contributed by atoms with Gasteiger partial charge in [-0.15, -0.1) is 0 Å². The van der Waals surface area contributed by atoms with E-state index in [9.17, 15) is 0 Å². The molecule has 1 heteroatoms. The molecule has 1 aliphatic rings. The van der Waals surface area contributed by atoms with Crippen molar-refractivity contribution in [3.05, 3.63) is 35.9 Å². The summed E-state index contributed by atoms with van der Waals surface area (Å²) in [4.78, 5) is 0. The molecule has 0 saturated carbocycles. The fourth-order valence-electron chi connectivity index (χ4n) is 2.33. The highest BCUT2D eigenvalue weighted by molar-refractivity contribution is 5.18. The maximum atomic E-state index is 3.43. The van der Waals surface area contributed by atoms with Gasteiger partial charge < -0.3 is 5.32 Å². The van der Waals surface area contributed by atoms with Crippen LogP contribution in [-0.4, -0.2) is 13.1 Å². The van der Waals surface area contributed by atoms with Crippen LogP contribution in [0.4, 0.5) is 0 Å². The van der Waals surface area contributed by atoms with Crippen LogP contribution in [0, 0.1) is 5.92 Å². The van der Waals surface area contributed by atoms with Crippen molar-refractivity contribution in [2.24, 2.45) is 5.92 Å². The van der Waals surface area contributed by atoms with Gasteiger partial charge in [0.05, 0.1) is 0 Å². The zero-order chi connectivity index (χ0) is 9.80. The number of hydrogen-bond acceptors (Lipinski definition) is 1. The van der Waals surface area contributed by atoms with Crippen LogP contribution in [-0.2, 0) is 0 Å². The van der Waals surface area contributed by atoms with Gasteiger partial charge in [-0.1, -0.05) is 37.3 Å². The van der Waals surface area contributed by atoms with Gasteiger partial charge in [-0.25, -0.2) is 0 Å². The van der Waals surface area contributed by atoms with Crippen molar-refractivity contribution < 1.29 is 0 Å². The third kappa shape index (κ3) is 2.36. The molecule has 0 amide bonds. The topological polar surface area (TPSA) is 12.0 Å². The van der Waals surface area contributed by atoms with Crippen LogP contribution in [0.1, 0.15) is 31.2 Å². The molecule has 0 bridgehead atoms. The van der Waals surface area contributed by atoms with Crippen molar-refractivity contribution in [1.82, 2.24) is 5.32 Å². The first-order valence-electron chi connectivity index (χ1n) is 5.62. The summed E-state index contributed by atoms with van der Waals surface area (Å²) in [7, 11) is 0. The lowest BCUT2D eigenvalue weighted by Gasteiger charge is -2.15. The predicted molar refractivity (Wildman–Crippen MR) is 60.5 cm³/mol. The minimum atomic E-state index is 0.709. The summed E-state index contributed by atoms with van der Waals surface area (Å²) < 4.78 is 0. The van der Waals surface area contributed by atoms with E-state index >= 15 is 0 Å². The summed E-state index contributed by atoms with van der Waals surface area (Å²) in [5, 5.41) is 3.43. The molecular weight excluding hydrogens is 170 g/mol. The highest BCUT2D eigenvalue weighted by atomic mass is 14.9. The lowest BCUT2D eigenvalue weighted by molar-refractivity contribution is 0.484.